The predicted octanol–water partition coefficient (Wildman–Crippen LogP) is 4.55. The molecule has 0 saturated heterocycles. The van der Waals surface area contributed by atoms with Gasteiger partial charge in [-0.05, 0) is 76.7 Å². The summed E-state index contributed by atoms with van der Waals surface area (Å²) in [7, 11) is 1.58. The third kappa shape index (κ3) is 5.49. The lowest BCUT2D eigenvalue weighted by atomic mass is 10.2. The zero-order valence-corrected chi connectivity index (χ0v) is 19.5. The number of nitrogens with zero attached hydrogens (tertiary/aromatic N) is 1. The van der Waals surface area contributed by atoms with Gasteiger partial charge in [0.2, 0.25) is 11.6 Å². The Morgan fingerprint density at radius 3 is 2.29 bits per heavy atom. The molecule has 34 heavy (non-hydrogen) atoms. The van der Waals surface area contributed by atoms with E-state index in [1.165, 1.54) is 4.68 Å². The van der Waals surface area contributed by atoms with Gasteiger partial charge in [-0.1, -0.05) is 25.1 Å². The number of hydrogen-bond donors (Lipinski definition) is 2. The SMILES string of the molecule is CCC(Sc1c(=O)o[nH][n+]1-c1ccc(OC)cc1)C(=O)Nc1ccc(Oc2ccccc2)cc1. The number of hydrogen-bond acceptors (Lipinski definition) is 6. The van der Waals surface area contributed by atoms with Crippen molar-refractivity contribution in [3.63, 3.8) is 0 Å². The first-order valence-corrected chi connectivity index (χ1v) is 11.5. The van der Waals surface area contributed by atoms with E-state index in [2.05, 4.69) is 10.6 Å². The lowest BCUT2D eigenvalue weighted by Crippen LogP contribution is -2.37. The van der Waals surface area contributed by atoms with Gasteiger partial charge in [0.25, 0.3) is 0 Å². The van der Waals surface area contributed by atoms with Crippen LogP contribution in [-0.2, 0) is 4.79 Å². The van der Waals surface area contributed by atoms with Gasteiger partial charge in [0.05, 0.1) is 12.4 Å². The van der Waals surface area contributed by atoms with Crippen molar-refractivity contribution in [2.75, 3.05) is 12.4 Å². The Bertz CT molecular complexity index is 1280. The quantitative estimate of drug-likeness (QED) is 0.271. The topological polar surface area (TPSA) is 97.4 Å². The first-order chi connectivity index (χ1) is 16.6. The minimum atomic E-state index is -0.547. The van der Waals surface area contributed by atoms with E-state index in [1.54, 1.807) is 55.6 Å². The van der Waals surface area contributed by atoms with E-state index in [-0.39, 0.29) is 10.9 Å². The van der Waals surface area contributed by atoms with Gasteiger partial charge < -0.3 is 14.8 Å². The summed E-state index contributed by atoms with van der Waals surface area (Å²) in [6.07, 6.45) is 0.513. The molecule has 0 spiro atoms. The maximum absolute atomic E-state index is 13.0. The summed E-state index contributed by atoms with van der Waals surface area (Å²) in [5, 5.41) is 5.27. The van der Waals surface area contributed by atoms with E-state index >= 15 is 0 Å². The first-order valence-electron chi connectivity index (χ1n) is 10.7. The molecule has 4 rings (SSSR count). The van der Waals surface area contributed by atoms with Crippen molar-refractivity contribution in [3.05, 3.63) is 89.3 Å². The molecule has 2 N–H and O–H groups in total. The number of para-hydroxylation sites is 1. The molecule has 8 nitrogen and oxygen atoms in total. The highest BCUT2D eigenvalue weighted by Crippen LogP contribution is 2.25. The van der Waals surface area contributed by atoms with E-state index in [9.17, 15) is 9.59 Å². The molecule has 1 unspecified atom stereocenters. The second-order valence-corrected chi connectivity index (χ2v) is 8.45. The van der Waals surface area contributed by atoms with Crippen LogP contribution in [0.5, 0.6) is 17.2 Å². The summed E-state index contributed by atoms with van der Waals surface area (Å²) in [6.45, 7) is 1.89. The fraction of sp³-hybridized carbons (Fsp3) is 0.160. The molecule has 1 heterocycles. The van der Waals surface area contributed by atoms with Crippen LogP contribution in [0.15, 0.2) is 93.2 Å². The largest absolute Gasteiger partial charge is 0.497 e. The number of carbonyl (C=O) groups excluding carboxylic acids is 1. The molecule has 4 aromatic rings. The molecule has 0 aliphatic rings. The fourth-order valence-electron chi connectivity index (χ4n) is 3.18. The van der Waals surface area contributed by atoms with Crippen molar-refractivity contribution < 1.29 is 23.5 Å². The second kappa shape index (κ2) is 10.8. The van der Waals surface area contributed by atoms with Gasteiger partial charge >= 0.3 is 10.7 Å². The maximum atomic E-state index is 13.0. The number of methoxy groups -OCH3 is 1. The number of benzene rings is 3. The smallest absolute Gasteiger partial charge is 0.442 e. The monoisotopic (exact) mass is 478 g/mol. The van der Waals surface area contributed by atoms with Crippen LogP contribution in [0, 0.1) is 0 Å². The minimum Gasteiger partial charge on any atom is -0.497 e. The molecule has 9 heteroatoms. The Balaban J connectivity index is 1.44. The number of carbonyl (C=O) groups is 1. The molecular weight excluding hydrogens is 454 g/mol. The maximum Gasteiger partial charge on any atom is 0.442 e. The number of nitrogens with one attached hydrogen (secondary N) is 2. The molecule has 1 atom stereocenters. The molecule has 174 valence electrons. The molecule has 0 aliphatic carbocycles. The molecule has 1 aromatic heterocycles. The molecule has 0 bridgehead atoms. The van der Waals surface area contributed by atoms with E-state index in [4.69, 9.17) is 14.0 Å². The summed E-state index contributed by atoms with van der Waals surface area (Å²) in [5.41, 5.74) is 0.765. The molecule has 0 fully saturated rings. The van der Waals surface area contributed by atoms with Gasteiger partial charge in [-0.3, -0.25) is 9.32 Å². The van der Waals surface area contributed by atoms with E-state index in [0.717, 1.165) is 17.5 Å². The first kappa shape index (κ1) is 23.2. The van der Waals surface area contributed by atoms with Crippen molar-refractivity contribution in [2.24, 2.45) is 0 Å². The summed E-state index contributed by atoms with van der Waals surface area (Å²) in [5.74, 6) is 1.87. The number of rotatable bonds is 9. The van der Waals surface area contributed by atoms with Crippen molar-refractivity contribution >= 4 is 23.4 Å². The van der Waals surface area contributed by atoms with Gasteiger partial charge in [0.1, 0.15) is 17.2 Å². The third-order valence-corrected chi connectivity index (χ3v) is 6.36. The average Bonchev–Trinajstić information content (AvgIpc) is 3.24. The predicted molar refractivity (Wildman–Crippen MR) is 129 cm³/mol. The van der Waals surface area contributed by atoms with Crippen molar-refractivity contribution in [3.8, 4) is 22.9 Å². The Labute approximate surface area is 200 Å². The Morgan fingerprint density at radius 1 is 1.00 bits per heavy atom. The van der Waals surface area contributed by atoms with Crippen molar-refractivity contribution in [1.82, 2.24) is 5.27 Å². The summed E-state index contributed by atoms with van der Waals surface area (Å²) < 4.78 is 17.5. The second-order valence-electron chi connectivity index (χ2n) is 7.26. The number of anilines is 1. The van der Waals surface area contributed by atoms with Crippen LogP contribution in [0.4, 0.5) is 5.69 Å². The summed E-state index contributed by atoms with van der Waals surface area (Å²) >= 11 is 1.14. The number of aromatic nitrogens is 2. The molecule has 0 radical (unpaired) electrons. The van der Waals surface area contributed by atoms with E-state index < -0.39 is 10.9 Å². The van der Waals surface area contributed by atoms with E-state index in [1.807, 2.05) is 37.3 Å². The van der Waals surface area contributed by atoms with Gasteiger partial charge in [0, 0.05) is 17.8 Å². The normalized spacial score (nSPS) is 11.6. The van der Waals surface area contributed by atoms with Crippen molar-refractivity contribution in [1.29, 1.82) is 0 Å². The molecule has 0 saturated carbocycles. The molecular formula is C25H24N3O5S+. The van der Waals surface area contributed by atoms with E-state index in [0.29, 0.717) is 29.3 Å². The number of ether oxygens (including phenoxy) is 2. The Hall–Kier alpha value is -3.98. The number of thioether (sulfide) groups is 1. The zero-order chi connectivity index (χ0) is 23.9. The number of aromatic amines is 1. The van der Waals surface area contributed by atoms with Crippen LogP contribution in [0.2, 0.25) is 0 Å². The van der Waals surface area contributed by atoms with Crippen molar-refractivity contribution in [2.45, 2.75) is 23.6 Å². The Kier molecular flexibility index (Phi) is 7.34. The van der Waals surface area contributed by atoms with Gasteiger partial charge in [-0.2, -0.15) is 0 Å². The average molecular weight is 479 g/mol. The van der Waals surface area contributed by atoms with Crippen LogP contribution in [0.25, 0.3) is 5.69 Å². The molecule has 3 aromatic carbocycles. The highest BCUT2D eigenvalue weighted by Gasteiger charge is 2.30. The minimum absolute atomic E-state index is 0.217. The molecule has 0 aliphatic heterocycles. The highest BCUT2D eigenvalue weighted by molar-refractivity contribution is 8.00. The highest BCUT2D eigenvalue weighted by atomic mass is 32.2. The van der Waals surface area contributed by atoms with Gasteiger partial charge in [-0.25, -0.2) is 4.79 Å². The lowest BCUT2D eigenvalue weighted by Gasteiger charge is -2.13. The number of H-pyrrole nitrogens is 1. The van der Waals surface area contributed by atoms with Gasteiger partial charge in [-0.15, -0.1) is 0 Å². The van der Waals surface area contributed by atoms with Crippen LogP contribution in [-0.4, -0.2) is 23.5 Å². The fourth-order valence-corrected chi connectivity index (χ4v) is 4.16. The summed E-state index contributed by atoms with van der Waals surface area (Å²) in [6, 6.07) is 23.7. The molecule has 1 amide bonds. The van der Waals surface area contributed by atoms with Crippen LogP contribution >= 0.6 is 11.8 Å². The number of amides is 1. The van der Waals surface area contributed by atoms with Gasteiger partial charge in [0.15, 0.2) is 0 Å². The van der Waals surface area contributed by atoms with Crippen LogP contribution in [0.1, 0.15) is 13.3 Å². The van der Waals surface area contributed by atoms with Crippen LogP contribution < -0.4 is 25.1 Å². The zero-order valence-electron chi connectivity index (χ0n) is 18.7. The summed E-state index contributed by atoms with van der Waals surface area (Å²) in [4.78, 5) is 25.3. The Morgan fingerprint density at radius 2 is 1.65 bits per heavy atom. The lowest BCUT2D eigenvalue weighted by molar-refractivity contribution is -0.704. The standard InChI is InChI=1S/C25H23N3O5S/c1-3-22(34-24-25(30)33-27-28(24)18-11-15-19(31-2)16-12-18)23(29)26-17-9-13-21(14-10-17)32-20-7-5-4-6-8-20/h4-16,22H,3H2,1-2H3,(H-,26,27,29,30)/p+1. The van der Waals surface area contributed by atoms with Crippen LogP contribution in [0.3, 0.4) is 0 Å². The third-order valence-electron chi connectivity index (χ3n) is 4.96.